The third-order valence-corrected chi connectivity index (χ3v) is 5.82. The molecule has 0 saturated heterocycles. The van der Waals surface area contributed by atoms with Crippen LogP contribution >= 0.6 is 0 Å². The molecule has 0 heterocycles. The zero-order chi connectivity index (χ0) is 25.4. The molecule has 180 valence electrons. The van der Waals surface area contributed by atoms with E-state index in [0.29, 0.717) is 0 Å². The van der Waals surface area contributed by atoms with Crippen molar-refractivity contribution in [2.24, 2.45) is 0 Å². The highest BCUT2D eigenvalue weighted by molar-refractivity contribution is 7.86. The molecule has 3 rings (SSSR count). The number of methoxy groups -OCH3 is 2. The van der Waals surface area contributed by atoms with E-state index in [0.717, 1.165) is 43.1 Å². The van der Waals surface area contributed by atoms with Crippen molar-refractivity contribution in [3.8, 4) is 11.1 Å². The second kappa shape index (κ2) is 11.3. The highest BCUT2D eigenvalue weighted by atomic mass is 32.2. The van der Waals surface area contributed by atoms with E-state index in [2.05, 4.69) is 14.8 Å². The number of ether oxygens (including phenoxy) is 2. The highest BCUT2D eigenvalue weighted by Gasteiger charge is 2.18. The van der Waals surface area contributed by atoms with Gasteiger partial charge >= 0.3 is 11.9 Å². The Kier molecular flexibility index (Phi) is 8.19. The Bertz CT molecular complexity index is 1380. The van der Waals surface area contributed by atoms with Crippen molar-refractivity contribution < 1.29 is 32.0 Å². The molecule has 0 bridgehead atoms. The van der Waals surface area contributed by atoms with Gasteiger partial charge in [-0.1, -0.05) is 72.8 Å². The van der Waals surface area contributed by atoms with Crippen molar-refractivity contribution >= 4 is 39.9 Å². The summed E-state index contributed by atoms with van der Waals surface area (Å²) >= 11 is 0. The Hall–Kier alpha value is -4.21. The monoisotopic (exact) mass is 493 g/mol. The number of esters is 2. The number of carbonyl (C=O) groups excluding carboxylic acids is 2. The number of benzene rings is 3. The van der Waals surface area contributed by atoms with Gasteiger partial charge in [0, 0.05) is 5.69 Å². The summed E-state index contributed by atoms with van der Waals surface area (Å²) in [5.41, 5.74) is 3.01. The predicted octanol–water partition coefficient (Wildman–Crippen LogP) is 4.41. The van der Waals surface area contributed by atoms with E-state index in [1.54, 1.807) is 12.2 Å². The molecule has 0 aromatic heterocycles. The Morgan fingerprint density at radius 3 is 2.11 bits per heavy atom. The first-order valence-electron chi connectivity index (χ1n) is 10.3. The minimum absolute atomic E-state index is 0.127. The third kappa shape index (κ3) is 6.89. The van der Waals surface area contributed by atoms with Crippen molar-refractivity contribution in [3.63, 3.8) is 0 Å². The van der Waals surface area contributed by atoms with Crippen LogP contribution in [0.4, 0.5) is 5.69 Å². The molecule has 0 fully saturated rings. The molecule has 0 spiro atoms. The van der Waals surface area contributed by atoms with Gasteiger partial charge in [-0.25, -0.2) is 9.59 Å². The lowest BCUT2D eigenvalue weighted by Crippen LogP contribution is -2.15. The normalized spacial score (nSPS) is 11.8. The van der Waals surface area contributed by atoms with E-state index in [9.17, 15) is 22.6 Å². The third-order valence-electron chi connectivity index (χ3n) is 4.91. The molecule has 3 aromatic rings. The van der Waals surface area contributed by atoms with E-state index >= 15 is 0 Å². The van der Waals surface area contributed by atoms with E-state index in [1.807, 2.05) is 54.6 Å². The second-order valence-corrected chi connectivity index (χ2v) is 8.64. The number of rotatable bonds is 8. The predicted molar refractivity (Wildman–Crippen MR) is 133 cm³/mol. The molecule has 0 aliphatic heterocycles. The maximum Gasteiger partial charge on any atom is 0.354 e. The van der Waals surface area contributed by atoms with Crippen molar-refractivity contribution in [2.75, 3.05) is 19.5 Å². The quantitative estimate of drug-likeness (QED) is 0.205. The van der Waals surface area contributed by atoms with Crippen LogP contribution in [0.2, 0.25) is 0 Å². The van der Waals surface area contributed by atoms with Crippen LogP contribution in [0, 0.1) is 0 Å². The smallest absolute Gasteiger partial charge is 0.354 e. The van der Waals surface area contributed by atoms with Gasteiger partial charge in [-0.2, -0.15) is 8.42 Å². The molecule has 0 atom stereocenters. The topological polar surface area (TPSA) is 119 Å². The summed E-state index contributed by atoms with van der Waals surface area (Å²) in [5, 5.41) is 2.62. The van der Waals surface area contributed by atoms with Crippen LogP contribution in [-0.2, 0) is 29.2 Å². The lowest BCUT2D eigenvalue weighted by atomic mass is 10.0. The highest BCUT2D eigenvalue weighted by Crippen LogP contribution is 2.25. The number of nitrogens with one attached hydrogen (secondary N) is 1. The molecular weight excluding hydrogens is 470 g/mol. The van der Waals surface area contributed by atoms with Gasteiger partial charge in [-0.15, -0.1) is 0 Å². The molecule has 0 radical (unpaired) electrons. The zero-order valence-electron chi connectivity index (χ0n) is 19.0. The fraction of sp³-hybridized carbons (Fsp3) is 0.0769. The molecule has 0 saturated carbocycles. The molecule has 2 N–H and O–H groups in total. The molecule has 9 heteroatoms. The Balaban J connectivity index is 1.89. The lowest BCUT2D eigenvalue weighted by molar-refractivity contribution is -0.138. The van der Waals surface area contributed by atoms with Crippen LogP contribution in [0.5, 0.6) is 0 Å². The standard InChI is InChI=1S/C26H23NO7S/c1-33-25(28)17-23(26(29)34-2)27-22-15-14-21(24(16-22)35(30,31)32)13-10-18-8-11-20(12-9-18)19-6-4-3-5-7-19/h3-17,27H,1-2H3,(H,30,31,32)/b13-10?,23-17+. The van der Waals surface area contributed by atoms with Gasteiger partial charge in [0.2, 0.25) is 0 Å². The van der Waals surface area contributed by atoms with E-state index in [-0.39, 0.29) is 21.8 Å². The summed E-state index contributed by atoms with van der Waals surface area (Å²) < 4.78 is 42.9. The SMILES string of the molecule is COC(=O)/C=C(/Nc1ccc(C=Cc2ccc(-c3ccccc3)cc2)c(S(=O)(=O)O)c1)C(=O)OC. The van der Waals surface area contributed by atoms with Gasteiger partial charge in [0.15, 0.2) is 0 Å². The Morgan fingerprint density at radius 1 is 0.857 bits per heavy atom. The summed E-state index contributed by atoms with van der Waals surface area (Å²) in [6.45, 7) is 0. The van der Waals surface area contributed by atoms with Crippen LogP contribution in [0.25, 0.3) is 23.3 Å². The minimum Gasteiger partial charge on any atom is -0.466 e. The van der Waals surface area contributed by atoms with Gasteiger partial charge < -0.3 is 14.8 Å². The number of hydrogen-bond donors (Lipinski definition) is 2. The molecule has 0 aliphatic rings. The number of carbonyl (C=O) groups is 2. The average molecular weight is 494 g/mol. The molecular formula is C26H23NO7S. The number of anilines is 1. The van der Waals surface area contributed by atoms with Gasteiger partial charge in [0.25, 0.3) is 10.1 Å². The van der Waals surface area contributed by atoms with Gasteiger partial charge in [0.1, 0.15) is 10.6 Å². The molecule has 8 nitrogen and oxygen atoms in total. The summed E-state index contributed by atoms with van der Waals surface area (Å²) in [5.74, 6) is -1.68. The molecule has 0 aliphatic carbocycles. The largest absolute Gasteiger partial charge is 0.466 e. The van der Waals surface area contributed by atoms with Crippen LogP contribution < -0.4 is 5.32 Å². The van der Waals surface area contributed by atoms with Crippen molar-refractivity contribution in [1.82, 2.24) is 0 Å². The Labute approximate surface area is 203 Å². The molecule has 3 aromatic carbocycles. The fourth-order valence-corrected chi connectivity index (χ4v) is 3.87. The first-order chi connectivity index (χ1) is 16.7. The number of hydrogen-bond acceptors (Lipinski definition) is 7. The van der Waals surface area contributed by atoms with Crippen molar-refractivity contribution in [3.05, 3.63) is 95.7 Å². The van der Waals surface area contributed by atoms with E-state index in [1.165, 1.54) is 12.1 Å². The maximum absolute atomic E-state index is 12.0. The van der Waals surface area contributed by atoms with Crippen LogP contribution in [-0.4, -0.2) is 39.1 Å². The average Bonchev–Trinajstić information content (AvgIpc) is 2.87. The van der Waals surface area contributed by atoms with Crippen molar-refractivity contribution in [2.45, 2.75) is 4.90 Å². The van der Waals surface area contributed by atoms with Crippen LogP contribution in [0.1, 0.15) is 11.1 Å². The maximum atomic E-state index is 12.0. The summed E-state index contributed by atoms with van der Waals surface area (Å²) in [6, 6.07) is 21.6. The molecule has 0 unspecified atom stereocenters. The van der Waals surface area contributed by atoms with Gasteiger partial charge in [-0.3, -0.25) is 4.55 Å². The molecule has 0 amide bonds. The lowest BCUT2D eigenvalue weighted by Gasteiger charge is -2.11. The zero-order valence-corrected chi connectivity index (χ0v) is 19.8. The van der Waals surface area contributed by atoms with Crippen LogP contribution in [0.3, 0.4) is 0 Å². The van der Waals surface area contributed by atoms with Gasteiger partial charge in [0.05, 0.1) is 20.3 Å². The first kappa shape index (κ1) is 25.4. The van der Waals surface area contributed by atoms with E-state index in [4.69, 9.17) is 0 Å². The molecule has 35 heavy (non-hydrogen) atoms. The Morgan fingerprint density at radius 2 is 1.51 bits per heavy atom. The van der Waals surface area contributed by atoms with Crippen LogP contribution in [0.15, 0.2) is 89.5 Å². The second-order valence-electron chi connectivity index (χ2n) is 7.25. The summed E-state index contributed by atoms with van der Waals surface area (Å²) in [4.78, 5) is 23.1. The van der Waals surface area contributed by atoms with E-state index < -0.39 is 22.1 Å². The summed E-state index contributed by atoms with van der Waals surface area (Å²) in [7, 11) is -2.35. The minimum atomic E-state index is -4.61. The van der Waals surface area contributed by atoms with Crippen molar-refractivity contribution in [1.29, 1.82) is 0 Å². The van der Waals surface area contributed by atoms with Gasteiger partial charge in [-0.05, 0) is 34.4 Å². The summed E-state index contributed by atoms with van der Waals surface area (Å²) in [6.07, 6.45) is 4.13. The fourth-order valence-electron chi connectivity index (χ4n) is 3.16. The first-order valence-corrected chi connectivity index (χ1v) is 11.8.